The van der Waals surface area contributed by atoms with Crippen LogP contribution in [0.25, 0.3) is 0 Å². The first-order valence-corrected chi connectivity index (χ1v) is 6.91. The van der Waals surface area contributed by atoms with Crippen LogP contribution in [-0.2, 0) is 9.53 Å². The van der Waals surface area contributed by atoms with Crippen molar-refractivity contribution in [3.8, 4) is 0 Å². The number of carbonyl (C=O) groups excluding carboxylic acids is 1. The number of amides is 1. The summed E-state index contributed by atoms with van der Waals surface area (Å²) in [6, 6.07) is 7.41. The van der Waals surface area contributed by atoms with Crippen LogP contribution >= 0.6 is 11.6 Å². The quantitative estimate of drug-likeness (QED) is 0.842. The van der Waals surface area contributed by atoms with Gasteiger partial charge in [0.2, 0.25) is 5.91 Å². The number of carbonyl (C=O) groups is 1. The first-order chi connectivity index (χ1) is 9.13. The Bertz CT molecular complexity index is 453. The van der Waals surface area contributed by atoms with Crippen LogP contribution in [0.2, 0.25) is 5.02 Å². The molecule has 1 aliphatic heterocycles. The highest BCUT2D eigenvalue weighted by Gasteiger charge is 2.36. The van der Waals surface area contributed by atoms with E-state index in [1.54, 1.807) is 0 Å². The van der Waals surface area contributed by atoms with Crippen molar-refractivity contribution in [2.45, 2.75) is 26.1 Å². The van der Waals surface area contributed by atoms with Gasteiger partial charge in [-0.1, -0.05) is 23.7 Å². The molecule has 0 saturated carbocycles. The second kappa shape index (κ2) is 6.37. The normalized spacial score (nSPS) is 23.1. The molecule has 1 N–H and O–H groups in total. The van der Waals surface area contributed by atoms with Crippen molar-refractivity contribution in [2.24, 2.45) is 0 Å². The molecule has 4 nitrogen and oxygen atoms in total. The van der Waals surface area contributed by atoms with Gasteiger partial charge in [-0.3, -0.25) is 10.1 Å². The van der Waals surface area contributed by atoms with E-state index in [9.17, 15) is 4.79 Å². The molecule has 2 rings (SSSR count). The van der Waals surface area contributed by atoms with Gasteiger partial charge in [0.05, 0.1) is 12.6 Å². The lowest BCUT2D eigenvalue weighted by Crippen LogP contribution is -2.33. The van der Waals surface area contributed by atoms with E-state index >= 15 is 0 Å². The van der Waals surface area contributed by atoms with Gasteiger partial charge >= 0.3 is 0 Å². The predicted octanol–water partition coefficient (Wildman–Crippen LogP) is 2.20. The van der Waals surface area contributed by atoms with Crippen molar-refractivity contribution in [2.75, 3.05) is 19.8 Å². The Hall–Kier alpha value is -1.10. The lowest BCUT2D eigenvalue weighted by atomic mass is 10.1. The minimum absolute atomic E-state index is 0.102. The number of nitrogens with zero attached hydrogens (tertiary/aromatic N) is 1. The smallest absolute Gasteiger partial charge is 0.241 e. The van der Waals surface area contributed by atoms with Crippen LogP contribution in [0.3, 0.4) is 0 Å². The van der Waals surface area contributed by atoms with Gasteiger partial charge in [-0.25, -0.2) is 0 Å². The highest BCUT2D eigenvalue weighted by molar-refractivity contribution is 6.30. The minimum Gasteiger partial charge on any atom is -0.380 e. The van der Waals surface area contributed by atoms with E-state index in [2.05, 4.69) is 5.32 Å². The van der Waals surface area contributed by atoms with E-state index in [1.807, 2.05) is 43.0 Å². The molecule has 0 spiro atoms. The molecule has 1 aliphatic rings. The van der Waals surface area contributed by atoms with Crippen LogP contribution in [-0.4, -0.2) is 36.6 Å². The van der Waals surface area contributed by atoms with Gasteiger partial charge in [-0.2, -0.15) is 0 Å². The van der Waals surface area contributed by atoms with E-state index in [4.69, 9.17) is 16.3 Å². The molecule has 1 saturated heterocycles. The average Bonchev–Trinajstić information content (AvgIpc) is 2.67. The molecule has 2 unspecified atom stereocenters. The molecule has 1 fully saturated rings. The first-order valence-electron chi connectivity index (χ1n) is 6.53. The third kappa shape index (κ3) is 3.26. The molecule has 0 aliphatic carbocycles. The Morgan fingerprint density at radius 1 is 1.47 bits per heavy atom. The van der Waals surface area contributed by atoms with Crippen molar-refractivity contribution in [3.63, 3.8) is 0 Å². The van der Waals surface area contributed by atoms with Crippen molar-refractivity contribution in [1.29, 1.82) is 0 Å². The van der Waals surface area contributed by atoms with E-state index in [0.717, 1.165) is 5.56 Å². The molecule has 0 aromatic heterocycles. The fraction of sp³-hybridized carbons (Fsp3) is 0.500. The maximum Gasteiger partial charge on any atom is 0.241 e. The lowest BCUT2D eigenvalue weighted by Gasteiger charge is -2.24. The molecular formula is C14H19ClN2O2. The molecule has 1 aromatic carbocycles. The summed E-state index contributed by atoms with van der Waals surface area (Å²) in [5.74, 6) is 0.102. The third-order valence-corrected chi connectivity index (χ3v) is 3.45. The molecular weight excluding hydrogens is 264 g/mol. The monoisotopic (exact) mass is 282 g/mol. The summed E-state index contributed by atoms with van der Waals surface area (Å²) in [6.07, 6.45) is -0.123. The Morgan fingerprint density at radius 3 is 2.95 bits per heavy atom. The number of nitrogens with one attached hydrogen (secondary N) is 1. The summed E-state index contributed by atoms with van der Waals surface area (Å²) in [6.45, 7) is 5.61. The summed E-state index contributed by atoms with van der Waals surface area (Å²) < 4.78 is 5.34. The zero-order valence-corrected chi connectivity index (χ0v) is 12.0. The summed E-state index contributed by atoms with van der Waals surface area (Å²) >= 11 is 6.01. The lowest BCUT2D eigenvalue weighted by molar-refractivity contribution is -0.130. The minimum atomic E-state index is -0.175. The summed E-state index contributed by atoms with van der Waals surface area (Å²) in [4.78, 5) is 14.0. The van der Waals surface area contributed by atoms with Crippen LogP contribution < -0.4 is 5.32 Å². The van der Waals surface area contributed by atoms with Gasteiger partial charge in [0.25, 0.3) is 0 Å². The van der Waals surface area contributed by atoms with Crippen LogP contribution in [0, 0.1) is 0 Å². The van der Waals surface area contributed by atoms with Gasteiger partial charge in [0.15, 0.2) is 0 Å². The van der Waals surface area contributed by atoms with Crippen molar-refractivity contribution < 1.29 is 9.53 Å². The van der Waals surface area contributed by atoms with Crippen molar-refractivity contribution >= 4 is 17.5 Å². The molecule has 19 heavy (non-hydrogen) atoms. The van der Waals surface area contributed by atoms with Gasteiger partial charge in [0, 0.05) is 18.2 Å². The van der Waals surface area contributed by atoms with E-state index in [-0.39, 0.29) is 18.1 Å². The molecule has 2 atom stereocenters. The number of hydrogen-bond donors (Lipinski definition) is 1. The number of hydrogen-bond acceptors (Lipinski definition) is 3. The molecule has 0 bridgehead atoms. The maximum absolute atomic E-state index is 12.1. The van der Waals surface area contributed by atoms with E-state index < -0.39 is 0 Å². The molecule has 5 heteroatoms. The Balaban J connectivity index is 2.15. The highest BCUT2D eigenvalue weighted by Crippen LogP contribution is 2.26. The number of benzene rings is 1. The molecule has 0 radical (unpaired) electrons. The van der Waals surface area contributed by atoms with E-state index in [0.29, 0.717) is 24.8 Å². The molecule has 1 amide bonds. The van der Waals surface area contributed by atoms with Gasteiger partial charge < -0.3 is 9.64 Å². The fourth-order valence-electron chi connectivity index (χ4n) is 2.27. The Kier molecular flexibility index (Phi) is 4.80. The third-order valence-electron chi connectivity index (χ3n) is 3.22. The zero-order chi connectivity index (χ0) is 13.8. The van der Waals surface area contributed by atoms with Crippen LogP contribution in [0.1, 0.15) is 25.6 Å². The van der Waals surface area contributed by atoms with Gasteiger partial charge in [-0.15, -0.1) is 0 Å². The number of rotatable bonds is 5. The maximum atomic E-state index is 12.1. The van der Waals surface area contributed by atoms with Crippen LogP contribution in [0.15, 0.2) is 24.3 Å². The zero-order valence-electron chi connectivity index (χ0n) is 11.2. The van der Waals surface area contributed by atoms with Gasteiger partial charge in [-0.05, 0) is 31.5 Å². The molecule has 1 aromatic rings. The summed E-state index contributed by atoms with van der Waals surface area (Å²) in [5.41, 5.74) is 1.00. The fourth-order valence-corrected chi connectivity index (χ4v) is 2.47. The first kappa shape index (κ1) is 14.3. The summed E-state index contributed by atoms with van der Waals surface area (Å²) in [5, 5.41) is 3.96. The summed E-state index contributed by atoms with van der Waals surface area (Å²) in [7, 11) is 0. The molecule has 1 heterocycles. The predicted molar refractivity (Wildman–Crippen MR) is 75.0 cm³/mol. The Morgan fingerprint density at radius 2 is 2.26 bits per heavy atom. The largest absolute Gasteiger partial charge is 0.380 e. The van der Waals surface area contributed by atoms with Crippen molar-refractivity contribution in [1.82, 2.24) is 10.2 Å². The highest BCUT2D eigenvalue weighted by atomic mass is 35.5. The van der Waals surface area contributed by atoms with Crippen molar-refractivity contribution in [3.05, 3.63) is 34.9 Å². The topological polar surface area (TPSA) is 41.6 Å². The average molecular weight is 283 g/mol. The Labute approximate surface area is 118 Å². The number of ether oxygens (including phenoxy) is 1. The molecule has 104 valence electrons. The standard InChI is InChI=1S/C14H19ClN2O2/c1-3-19-8-7-17-13(16-10(2)14(17)18)11-5-4-6-12(15)9-11/h4-6,9-10,13,16H,3,7-8H2,1-2H3. The van der Waals surface area contributed by atoms with Gasteiger partial charge in [0.1, 0.15) is 6.17 Å². The van der Waals surface area contributed by atoms with Crippen LogP contribution in [0.4, 0.5) is 0 Å². The van der Waals surface area contributed by atoms with E-state index in [1.165, 1.54) is 0 Å². The SMILES string of the molecule is CCOCCN1C(=O)C(C)NC1c1cccc(Cl)c1. The van der Waals surface area contributed by atoms with Crippen LogP contribution in [0.5, 0.6) is 0 Å². The second-order valence-electron chi connectivity index (χ2n) is 4.57. The second-order valence-corrected chi connectivity index (χ2v) is 5.01. The number of halogens is 1.